The van der Waals surface area contributed by atoms with Crippen molar-refractivity contribution in [2.75, 3.05) is 19.6 Å². The molecule has 1 saturated heterocycles. The zero-order chi connectivity index (χ0) is 22.1. The second kappa shape index (κ2) is 10.9. The maximum atomic E-state index is 12.5. The Morgan fingerprint density at radius 3 is 2.19 bits per heavy atom. The largest absolute Gasteiger partial charge is 0.350 e. The third-order valence-corrected chi connectivity index (χ3v) is 6.74. The number of nitrogens with zero attached hydrogens (tertiary/aromatic N) is 1. The molecule has 1 fully saturated rings. The minimum atomic E-state index is -3.53. The van der Waals surface area contributed by atoms with Crippen LogP contribution in [0, 0.1) is 5.92 Å². The molecule has 2 N–H and O–H groups in total. The summed E-state index contributed by atoms with van der Waals surface area (Å²) in [6.45, 7) is 0.867. The van der Waals surface area contributed by atoms with Crippen molar-refractivity contribution in [1.29, 1.82) is 0 Å². The highest BCUT2D eigenvalue weighted by Gasteiger charge is 2.30. The molecule has 1 aliphatic rings. The second-order valence-corrected chi connectivity index (χ2v) is 9.23. The van der Waals surface area contributed by atoms with Crippen molar-refractivity contribution in [2.45, 2.75) is 19.4 Å². The number of carbonyl (C=O) groups excluding carboxylic acids is 2. The standard InChI is InChI=1S/C23H27N3O4S/c27-22(24-17-20-9-5-2-6-10-20)18-25-23(28)21-11-14-26(15-12-21)31(29,30)16-13-19-7-3-1-4-8-19/h1-10,13,16,21H,11-12,14-15,17-18H2,(H,24,27)(H,25,28)/b16-13+. The number of hydrogen-bond donors (Lipinski definition) is 2. The molecule has 0 aliphatic carbocycles. The summed E-state index contributed by atoms with van der Waals surface area (Å²) in [4.78, 5) is 24.3. The molecular weight excluding hydrogens is 414 g/mol. The average molecular weight is 442 g/mol. The smallest absolute Gasteiger partial charge is 0.239 e. The first-order valence-corrected chi connectivity index (χ1v) is 11.8. The molecule has 0 radical (unpaired) electrons. The third kappa shape index (κ3) is 7.04. The van der Waals surface area contributed by atoms with Crippen LogP contribution in [0.1, 0.15) is 24.0 Å². The normalized spacial score (nSPS) is 15.6. The predicted molar refractivity (Wildman–Crippen MR) is 120 cm³/mol. The quantitative estimate of drug-likeness (QED) is 0.656. The summed E-state index contributed by atoms with van der Waals surface area (Å²) in [5.41, 5.74) is 1.79. The minimum Gasteiger partial charge on any atom is -0.350 e. The molecule has 0 saturated carbocycles. The first-order chi connectivity index (χ1) is 14.9. The van der Waals surface area contributed by atoms with Crippen LogP contribution in [0.4, 0.5) is 0 Å². The van der Waals surface area contributed by atoms with E-state index in [1.807, 2.05) is 60.7 Å². The number of sulfonamides is 1. The highest BCUT2D eigenvalue weighted by molar-refractivity contribution is 7.92. The van der Waals surface area contributed by atoms with E-state index in [0.29, 0.717) is 19.4 Å². The Kier molecular flexibility index (Phi) is 7.97. The fourth-order valence-corrected chi connectivity index (χ4v) is 4.58. The van der Waals surface area contributed by atoms with Gasteiger partial charge in [-0.15, -0.1) is 0 Å². The first kappa shape index (κ1) is 22.7. The molecule has 1 heterocycles. The van der Waals surface area contributed by atoms with Crippen molar-refractivity contribution < 1.29 is 18.0 Å². The number of amides is 2. The van der Waals surface area contributed by atoms with Gasteiger partial charge in [0.05, 0.1) is 6.54 Å². The number of rotatable bonds is 8. The Morgan fingerprint density at radius 1 is 0.935 bits per heavy atom. The van der Waals surface area contributed by atoms with Crippen molar-refractivity contribution >= 4 is 27.9 Å². The highest BCUT2D eigenvalue weighted by Crippen LogP contribution is 2.21. The number of hydrogen-bond acceptors (Lipinski definition) is 4. The lowest BCUT2D eigenvalue weighted by molar-refractivity contribution is -0.129. The number of piperidine rings is 1. The molecule has 7 nitrogen and oxygen atoms in total. The summed E-state index contributed by atoms with van der Waals surface area (Å²) >= 11 is 0. The molecule has 31 heavy (non-hydrogen) atoms. The average Bonchev–Trinajstić information content (AvgIpc) is 2.81. The highest BCUT2D eigenvalue weighted by atomic mass is 32.2. The van der Waals surface area contributed by atoms with Crippen molar-refractivity contribution in [3.05, 3.63) is 77.2 Å². The molecule has 2 amide bonds. The minimum absolute atomic E-state index is 0.0933. The van der Waals surface area contributed by atoms with E-state index in [1.165, 1.54) is 9.71 Å². The van der Waals surface area contributed by atoms with E-state index in [-0.39, 0.29) is 37.4 Å². The molecule has 2 aromatic carbocycles. The number of nitrogens with one attached hydrogen (secondary N) is 2. The van der Waals surface area contributed by atoms with Gasteiger partial charge in [-0.1, -0.05) is 60.7 Å². The first-order valence-electron chi connectivity index (χ1n) is 10.3. The van der Waals surface area contributed by atoms with Crippen LogP contribution in [0.3, 0.4) is 0 Å². The van der Waals surface area contributed by atoms with Gasteiger partial charge in [0.15, 0.2) is 0 Å². The van der Waals surface area contributed by atoms with Crippen LogP contribution in [0.2, 0.25) is 0 Å². The van der Waals surface area contributed by atoms with Crippen LogP contribution in [-0.4, -0.2) is 44.2 Å². The Labute approximate surface area is 183 Å². The van der Waals surface area contributed by atoms with Crippen LogP contribution in [0.5, 0.6) is 0 Å². The fraction of sp³-hybridized carbons (Fsp3) is 0.304. The molecule has 0 unspecified atom stereocenters. The van der Waals surface area contributed by atoms with Gasteiger partial charge in [0.25, 0.3) is 0 Å². The van der Waals surface area contributed by atoms with Crippen molar-refractivity contribution in [1.82, 2.24) is 14.9 Å². The molecule has 8 heteroatoms. The van der Waals surface area contributed by atoms with Gasteiger partial charge in [-0.2, -0.15) is 4.31 Å². The Balaban J connectivity index is 1.41. The summed E-state index contributed by atoms with van der Waals surface area (Å²) < 4.78 is 26.4. The van der Waals surface area contributed by atoms with E-state index in [0.717, 1.165) is 11.1 Å². The van der Waals surface area contributed by atoms with E-state index < -0.39 is 10.0 Å². The molecular formula is C23H27N3O4S. The van der Waals surface area contributed by atoms with E-state index in [9.17, 15) is 18.0 Å². The lowest BCUT2D eigenvalue weighted by Crippen LogP contribution is -2.44. The lowest BCUT2D eigenvalue weighted by Gasteiger charge is -2.29. The predicted octanol–water partition coefficient (Wildman–Crippen LogP) is 2.13. The second-order valence-electron chi connectivity index (χ2n) is 7.41. The Hall–Kier alpha value is -2.97. The summed E-state index contributed by atoms with van der Waals surface area (Å²) in [5.74, 6) is -0.776. The molecule has 3 rings (SSSR count). The molecule has 1 aliphatic heterocycles. The summed E-state index contributed by atoms with van der Waals surface area (Å²) in [5, 5.41) is 6.63. The maximum Gasteiger partial charge on any atom is 0.239 e. The molecule has 164 valence electrons. The zero-order valence-corrected chi connectivity index (χ0v) is 18.1. The van der Waals surface area contributed by atoms with Gasteiger partial charge in [0.1, 0.15) is 0 Å². The van der Waals surface area contributed by atoms with Gasteiger partial charge in [-0.05, 0) is 30.0 Å². The monoisotopic (exact) mass is 441 g/mol. The third-order valence-electron chi connectivity index (χ3n) is 5.17. The van der Waals surface area contributed by atoms with E-state index in [1.54, 1.807) is 6.08 Å². The van der Waals surface area contributed by atoms with Gasteiger partial charge < -0.3 is 10.6 Å². The van der Waals surface area contributed by atoms with Gasteiger partial charge in [0.2, 0.25) is 21.8 Å². The van der Waals surface area contributed by atoms with Gasteiger partial charge in [-0.3, -0.25) is 9.59 Å². The zero-order valence-electron chi connectivity index (χ0n) is 17.2. The summed E-state index contributed by atoms with van der Waals surface area (Å²) in [6.07, 6.45) is 2.42. The SMILES string of the molecule is O=C(CNC(=O)C1CCN(S(=O)(=O)/C=C/c2ccccc2)CC1)NCc1ccccc1. The van der Waals surface area contributed by atoms with E-state index in [4.69, 9.17) is 0 Å². The Morgan fingerprint density at radius 2 is 1.55 bits per heavy atom. The summed E-state index contributed by atoms with van der Waals surface area (Å²) in [7, 11) is -3.53. The van der Waals surface area contributed by atoms with Gasteiger partial charge in [-0.25, -0.2) is 8.42 Å². The van der Waals surface area contributed by atoms with Crippen LogP contribution in [0.25, 0.3) is 6.08 Å². The molecule has 0 atom stereocenters. The molecule has 2 aromatic rings. The van der Waals surface area contributed by atoms with Crippen molar-refractivity contribution in [2.24, 2.45) is 5.92 Å². The van der Waals surface area contributed by atoms with Crippen LogP contribution < -0.4 is 10.6 Å². The maximum absolute atomic E-state index is 12.5. The summed E-state index contributed by atoms with van der Waals surface area (Å²) in [6, 6.07) is 18.7. The topological polar surface area (TPSA) is 95.6 Å². The van der Waals surface area contributed by atoms with E-state index in [2.05, 4.69) is 10.6 Å². The number of carbonyl (C=O) groups is 2. The molecule has 0 aromatic heterocycles. The fourth-order valence-electron chi connectivity index (χ4n) is 3.36. The molecule has 0 bridgehead atoms. The van der Waals surface area contributed by atoms with Gasteiger partial charge >= 0.3 is 0 Å². The number of benzene rings is 2. The van der Waals surface area contributed by atoms with Crippen molar-refractivity contribution in [3.63, 3.8) is 0 Å². The van der Waals surface area contributed by atoms with Crippen LogP contribution in [0.15, 0.2) is 66.1 Å². The Bertz CT molecular complexity index is 1000. The van der Waals surface area contributed by atoms with Gasteiger partial charge in [0, 0.05) is 31.0 Å². The van der Waals surface area contributed by atoms with Crippen LogP contribution >= 0.6 is 0 Å². The van der Waals surface area contributed by atoms with Crippen molar-refractivity contribution in [3.8, 4) is 0 Å². The van der Waals surface area contributed by atoms with E-state index >= 15 is 0 Å². The molecule has 0 spiro atoms. The lowest BCUT2D eigenvalue weighted by atomic mass is 9.97. The van der Waals surface area contributed by atoms with Crippen LogP contribution in [-0.2, 0) is 26.2 Å².